The molecule has 0 saturated carbocycles. The second kappa shape index (κ2) is 6.23. The number of sulfone groups is 1. The molecule has 0 aliphatic rings. The Balaban J connectivity index is 5.02. The van der Waals surface area contributed by atoms with Crippen LogP contribution in [-0.2, 0) is 9.84 Å². The van der Waals surface area contributed by atoms with Gasteiger partial charge in [0.2, 0.25) is 0 Å². The normalized spacial score (nSPS) is 15.6. The fourth-order valence-electron chi connectivity index (χ4n) is 1.28. The quantitative estimate of drug-likeness (QED) is 0.365. The van der Waals surface area contributed by atoms with Crippen molar-refractivity contribution in [3.8, 4) is 0 Å². The van der Waals surface area contributed by atoms with Gasteiger partial charge in [-0.25, -0.2) is 13.4 Å². The zero-order chi connectivity index (χ0) is 15.4. The second-order valence-electron chi connectivity index (χ2n) is 5.44. The van der Waals surface area contributed by atoms with Crippen LogP contribution in [0.4, 0.5) is 0 Å². The van der Waals surface area contributed by atoms with Crippen molar-refractivity contribution in [2.75, 3.05) is 7.05 Å². The molecule has 1 atom stereocenters. The zero-order valence-corrected chi connectivity index (χ0v) is 13.3. The van der Waals surface area contributed by atoms with Gasteiger partial charge < -0.3 is 10.0 Å². The van der Waals surface area contributed by atoms with Crippen molar-refractivity contribution in [2.45, 2.75) is 44.7 Å². The molecular weight excluding hydrogens is 264 g/mol. The molecule has 1 unspecified atom stereocenters. The fourth-order valence-corrected chi connectivity index (χ4v) is 2.80. The highest BCUT2D eigenvalue weighted by Crippen LogP contribution is 2.21. The average Bonchev–Trinajstić information content (AvgIpc) is 2.22. The second-order valence-corrected chi connectivity index (χ2v) is 8.44. The van der Waals surface area contributed by atoms with Crippen LogP contribution in [0.5, 0.6) is 0 Å². The molecule has 0 heterocycles. The van der Waals surface area contributed by atoms with Gasteiger partial charge in [-0.3, -0.25) is 0 Å². The van der Waals surface area contributed by atoms with E-state index in [0.717, 1.165) is 0 Å². The molecule has 0 radical (unpaired) electrons. The SMILES string of the molecule is C=C(O)/C=C(C)/N=C\N(C)C(C)S(=O)(=O)C(C)(C)C. The summed E-state index contributed by atoms with van der Waals surface area (Å²) in [4.78, 5) is 5.58. The van der Waals surface area contributed by atoms with Crippen LogP contribution in [0.15, 0.2) is 29.1 Å². The average molecular weight is 288 g/mol. The van der Waals surface area contributed by atoms with Crippen molar-refractivity contribution in [3.05, 3.63) is 24.1 Å². The number of hydrogen-bond acceptors (Lipinski definition) is 4. The van der Waals surface area contributed by atoms with Crippen molar-refractivity contribution >= 4 is 16.2 Å². The lowest BCUT2D eigenvalue weighted by Gasteiger charge is -2.29. The number of rotatable bonds is 5. The maximum Gasteiger partial charge on any atom is 0.175 e. The molecule has 0 aromatic heterocycles. The van der Waals surface area contributed by atoms with E-state index in [9.17, 15) is 8.42 Å². The molecule has 0 aromatic rings. The Hall–Kier alpha value is -1.30. The van der Waals surface area contributed by atoms with E-state index in [1.165, 1.54) is 17.3 Å². The summed E-state index contributed by atoms with van der Waals surface area (Å²) in [5.41, 5.74) is 0.541. The minimum atomic E-state index is -3.30. The first-order valence-electron chi connectivity index (χ1n) is 5.95. The van der Waals surface area contributed by atoms with E-state index >= 15 is 0 Å². The number of hydrogen-bond donors (Lipinski definition) is 1. The van der Waals surface area contributed by atoms with E-state index in [1.54, 1.807) is 41.7 Å². The van der Waals surface area contributed by atoms with Crippen molar-refractivity contribution in [1.82, 2.24) is 4.90 Å². The third-order valence-corrected chi connectivity index (χ3v) is 5.63. The molecule has 0 spiro atoms. The Kier molecular flexibility index (Phi) is 5.81. The number of allylic oxidation sites excluding steroid dienone is 2. The summed E-state index contributed by atoms with van der Waals surface area (Å²) in [7, 11) is -1.65. The Morgan fingerprint density at radius 3 is 2.26 bits per heavy atom. The van der Waals surface area contributed by atoms with Crippen LogP contribution in [-0.4, -0.2) is 41.9 Å². The van der Waals surface area contributed by atoms with Gasteiger partial charge in [0.05, 0.1) is 11.1 Å². The number of nitrogens with zero attached hydrogens (tertiary/aromatic N) is 2. The number of aliphatic hydroxyl groups is 1. The van der Waals surface area contributed by atoms with E-state index in [-0.39, 0.29) is 5.76 Å². The molecular formula is C13H24N2O3S. The maximum absolute atomic E-state index is 12.2. The Bertz CT molecular complexity index is 485. The van der Waals surface area contributed by atoms with E-state index in [0.29, 0.717) is 5.70 Å². The van der Waals surface area contributed by atoms with Gasteiger partial charge in [-0.1, -0.05) is 6.58 Å². The van der Waals surface area contributed by atoms with E-state index in [2.05, 4.69) is 11.6 Å². The molecule has 0 aliphatic carbocycles. The maximum atomic E-state index is 12.2. The zero-order valence-electron chi connectivity index (χ0n) is 12.5. The molecule has 1 N–H and O–H groups in total. The summed E-state index contributed by atoms with van der Waals surface area (Å²) in [5, 5.41) is 8.30. The number of aliphatic imine (C=N–C) groups is 1. The van der Waals surface area contributed by atoms with Crippen LogP contribution in [0, 0.1) is 0 Å². The highest BCUT2D eigenvalue weighted by Gasteiger charge is 2.35. The van der Waals surface area contributed by atoms with Gasteiger partial charge in [0.25, 0.3) is 0 Å². The molecule has 19 heavy (non-hydrogen) atoms. The molecule has 0 bridgehead atoms. The minimum absolute atomic E-state index is 0.0901. The van der Waals surface area contributed by atoms with Gasteiger partial charge in [-0.2, -0.15) is 0 Å². The van der Waals surface area contributed by atoms with Gasteiger partial charge in [0.15, 0.2) is 9.84 Å². The molecule has 110 valence electrons. The van der Waals surface area contributed by atoms with Crippen molar-refractivity contribution in [2.24, 2.45) is 4.99 Å². The lowest BCUT2D eigenvalue weighted by atomic mass is 10.3. The third-order valence-electron chi connectivity index (χ3n) is 2.70. The molecule has 0 amide bonds. The molecule has 0 saturated heterocycles. The summed E-state index contributed by atoms with van der Waals surface area (Å²) in [5.74, 6) is -0.0901. The van der Waals surface area contributed by atoms with Crippen LogP contribution >= 0.6 is 0 Å². The van der Waals surface area contributed by atoms with Crippen molar-refractivity contribution < 1.29 is 13.5 Å². The van der Waals surface area contributed by atoms with E-state index in [4.69, 9.17) is 5.11 Å². The molecule has 0 rings (SSSR count). The summed E-state index contributed by atoms with van der Waals surface area (Å²) >= 11 is 0. The Morgan fingerprint density at radius 2 is 1.89 bits per heavy atom. The predicted molar refractivity (Wildman–Crippen MR) is 79.9 cm³/mol. The first-order valence-corrected chi connectivity index (χ1v) is 7.50. The standard InChI is InChI=1S/C13H24N2O3S/c1-10(8-11(2)16)14-9-15(7)12(3)19(17,18)13(4,5)6/h8-9,12,16H,2H2,1,3-7H3/b10-8+,14-9-. The van der Waals surface area contributed by atoms with Gasteiger partial charge in [0.1, 0.15) is 11.1 Å². The molecule has 6 heteroatoms. The van der Waals surface area contributed by atoms with E-state index in [1.807, 2.05) is 0 Å². The molecule has 0 aliphatic heterocycles. The lowest BCUT2D eigenvalue weighted by molar-refractivity contribution is 0.434. The van der Waals surface area contributed by atoms with Crippen molar-refractivity contribution in [1.29, 1.82) is 0 Å². The summed E-state index contributed by atoms with van der Waals surface area (Å²) in [6, 6.07) is 0. The summed E-state index contributed by atoms with van der Waals surface area (Å²) in [6.07, 6.45) is 2.83. The third kappa shape index (κ3) is 5.06. The largest absolute Gasteiger partial charge is 0.509 e. The highest BCUT2D eigenvalue weighted by atomic mass is 32.2. The Morgan fingerprint density at radius 1 is 1.42 bits per heavy atom. The highest BCUT2D eigenvalue weighted by molar-refractivity contribution is 7.93. The summed E-state index contributed by atoms with van der Waals surface area (Å²) < 4.78 is 23.7. The number of aliphatic hydroxyl groups excluding tert-OH is 1. The Labute approximate surface area is 116 Å². The van der Waals surface area contributed by atoms with Gasteiger partial charge >= 0.3 is 0 Å². The molecule has 5 nitrogen and oxygen atoms in total. The predicted octanol–water partition coefficient (Wildman–Crippen LogP) is 2.48. The topological polar surface area (TPSA) is 70.0 Å². The van der Waals surface area contributed by atoms with E-state index < -0.39 is 20.0 Å². The van der Waals surface area contributed by atoms with Crippen LogP contribution in [0.25, 0.3) is 0 Å². The van der Waals surface area contributed by atoms with Gasteiger partial charge in [-0.15, -0.1) is 0 Å². The fraction of sp³-hybridized carbons (Fsp3) is 0.615. The van der Waals surface area contributed by atoms with Crippen molar-refractivity contribution in [3.63, 3.8) is 0 Å². The van der Waals surface area contributed by atoms with Crippen LogP contribution in [0.1, 0.15) is 34.6 Å². The minimum Gasteiger partial charge on any atom is -0.509 e. The van der Waals surface area contributed by atoms with Gasteiger partial charge in [-0.05, 0) is 34.6 Å². The van der Waals surface area contributed by atoms with Crippen LogP contribution in [0.3, 0.4) is 0 Å². The monoisotopic (exact) mass is 288 g/mol. The van der Waals surface area contributed by atoms with Gasteiger partial charge in [0, 0.05) is 18.8 Å². The van der Waals surface area contributed by atoms with Crippen LogP contribution < -0.4 is 0 Å². The van der Waals surface area contributed by atoms with Crippen LogP contribution in [0.2, 0.25) is 0 Å². The lowest BCUT2D eigenvalue weighted by Crippen LogP contribution is -2.44. The molecule has 0 aromatic carbocycles. The molecule has 0 fully saturated rings. The first-order chi connectivity index (χ1) is 8.39. The smallest absolute Gasteiger partial charge is 0.175 e. The first kappa shape index (κ1) is 17.7. The summed E-state index contributed by atoms with van der Waals surface area (Å²) in [6.45, 7) is 11.6.